The number of hydrogen-bond acceptors (Lipinski definition) is 4. The molecule has 0 fully saturated rings. The highest BCUT2D eigenvalue weighted by Crippen LogP contribution is 2.27. The molecule has 0 saturated heterocycles. The number of carboxylic acid groups (broad SMARTS) is 1. The van der Waals surface area contributed by atoms with Crippen LogP contribution in [-0.4, -0.2) is 33.5 Å². The van der Waals surface area contributed by atoms with Crippen LogP contribution in [0, 0.1) is 0 Å². The van der Waals surface area contributed by atoms with Gasteiger partial charge in [0.05, 0.1) is 18.1 Å². The number of carbonyl (C=O) groups is 2. The molecule has 0 atom stereocenters. The zero-order valence-corrected chi connectivity index (χ0v) is 13.3. The first kappa shape index (κ1) is 15.7. The van der Waals surface area contributed by atoms with E-state index >= 15 is 0 Å². The van der Waals surface area contributed by atoms with Crippen molar-refractivity contribution in [3.8, 4) is 17.1 Å². The van der Waals surface area contributed by atoms with E-state index < -0.39 is 5.97 Å². The number of imidazole rings is 1. The highest BCUT2D eigenvalue weighted by Gasteiger charge is 2.16. The molecule has 0 amide bonds. The third-order valence-corrected chi connectivity index (χ3v) is 3.80. The minimum Gasteiger partial charge on any atom is -0.497 e. The minimum atomic E-state index is -0.959. The topological polar surface area (TPSA) is 81.4 Å². The van der Waals surface area contributed by atoms with Gasteiger partial charge in [0.25, 0.3) is 0 Å². The summed E-state index contributed by atoms with van der Waals surface area (Å²) in [6.45, 7) is 1.27. The quantitative estimate of drug-likeness (QED) is 0.730. The number of carboxylic acids is 1. The molecular formula is C18H16N2O4. The van der Waals surface area contributed by atoms with E-state index in [4.69, 9.17) is 4.74 Å². The number of rotatable bonds is 5. The summed E-state index contributed by atoms with van der Waals surface area (Å²) in [6.07, 6.45) is 0. The normalized spacial score (nSPS) is 10.8. The molecule has 0 aliphatic carbocycles. The lowest BCUT2D eigenvalue weighted by Crippen LogP contribution is -2.10. The smallest absolute Gasteiger partial charge is 0.323 e. The fourth-order valence-electron chi connectivity index (χ4n) is 2.60. The van der Waals surface area contributed by atoms with Crippen molar-refractivity contribution in [1.29, 1.82) is 0 Å². The summed E-state index contributed by atoms with van der Waals surface area (Å²) < 4.78 is 6.77. The summed E-state index contributed by atoms with van der Waals surface area (Å²) in [6, 6.07) is 12.3. The number of nitrogens with zero attached hydrogens (tertiary/aromatic N) is 2. The third-order valence-electron chi connectivity index (χ3n) is 3.80. The summed E-state index contributed by atoms with van der Waals surface area (Å²) in [4.78, 5) is 27.3. The molecule has 3 rings (SSSR count). The molecule has 6 heteroatoms. The Bertz CT molecular complexity index is 926. The molecule has 24 heavy (non-hydrogen) atoms. The molecule has 1 N–H and O–H groups in total. The molecule has 0 bridgehead atoms. The Hall–Kier alpha value is -3.15. The molecule has 1 aromatic heterocycles. The second-order valence-corrected chi connectivity index (χ2v) is 5.40. The predicted molar refractivity (Wildman–Crippen MR) is 89.4 cm³/mol. The average Bonchev–Trinajstić information content (AvgIpc) is 2.92. The van der Waals surface area contributed by atoms with Crippen molar-refractivity contribution in [2.24, 2.45) is 0 Å². The fraction of sp³-hybridized carbons (Fsp3) is 0.167. The number of fused-ring (bicyclic) bond motifs is 1. The van der Waals surface area contributed by atoms with Crippen LogP contribution in [0.15, 0.2) is 42.5 Å². The van der Waals surface area contributed by atoms with E-state index in [2.05, 4.69) is 4.98 Å². The first-order valence-corrected chi connectivity index (χ1v) is 7.37. The van der Waals surface area contributed by atoms with Crippen LogP contribution in [0.2, 0.25) is 0 Å². The highest BCUT2D eigenvalue weighted by molar-refractivity contribution is 5.98. The van der Waals surface area contributed by atoms with Crippen LogP contribution in [0.3, 0.4) is 0 Å². The van der Waals surface area contributed by atoms with Crippen molar-refractivity contribution >= 4 is 22.8 Å². The van der Waals surface area contributed by atoms with Gasteiger partial charge in [0.15, 0.2) is 5.78 Å². The largest absolute Gasteiger partial charge is 0.497 e. The number of carbonyl (C=O) groups excluding carboxylic acids is 1. The lowest BCUT2D eigenvalue weighted by Gasteiger charge is -2.07. The number of aromatic nitrogens is 2. The third kappa shape index (κ3) is 2.86. The van der Waals surface area contributed by atoms with Gasteiger partial charge in [-0.2, -0.15) is 0 Å². The Labute approximate surface area is 138 Å². The van der Waals surface area contributed by atoms with E-state index in [0.717, 1.165) is 5.56 Å². The van der Waals surface area contributed by atoms with Crippen molar-refractivity contribution in [3.05, 3.63) is 48.0 Å². The molecule has 122 valence electrons. The maximum absolute atomic E-state index is 11.6. The number of methoxy groups -OCH3 is 1. The molecule has 6 nitrogen and oxygen atoms in total. The van der Waals surface area contributed by atoms with Crippen LogP contribution in [-0.2, 0) is 11.3 Å². The lowest BCUT2D eigenvalue weighted by atomic mass is 10.1. The number of ether oxygens (including phenoxy) is 1. The number of aliphatic carboxylic acids is 1. The highest BCUT2D eigenvalue weighted by atomic mass is 16.5. The van der Waals surface area contributed by atoms with Crippen molar-refractivity contribution in [1.82, 2.24) is 9.55 Å². The standard InChI is InChI=1S/C18H16N2O4/c1-11(21)13-5-8-16-15(9-13)19-18(20(16)10-17(22)23)12-3-6-14(24-2)7-4-12/h3-9H,10H2,1-2H3,(H,22,23). The van der Waals surface area contributed by atoms with E-state index in [1.54, 1.807) is 42.0 Å². The van der Waals surface area contributed by atoms with Crippen LogP contribution in [0.5, 0.6) is 5.75 Å². The summed E-state index contributed by atoms with van der Waals surface area (Å²) in [7, 11) is 1.58. The molecule has 3 aromatic rings. The van der Waals surface area contributed by atoms with E-state index in [1.165, 1.54) is 6.92 Å². The predicted octanol–water partition coefficient (Wildman–Crippen LogP) is 3.00. The first-order valence-electron chi connectivity index (χ1n) is 7.37. The van der Waals surface area contributed by atoms with Crippen molar-refractivity contribution in [2.75, 3.05) is 7.11 Å². The molecule has 1 heterocycles. The summed E-state index contributed by atoms with van der Waals surface area (Å²) >= 11 is 0. The van der Waals surface area contributed by atoms with Crippen LogP contribution >= 0.6 is 0 Å². The summed E-state index contributed by atoms with van der Waals surface area (Å²) in [5.74, 6) is 0.227. The van der Waals surface area contributed by atoms with Crippen LogP contribution in [0.1, 0.15) is 17.3 Å². The maximum atomic E-state index is 11.6. The molecular weight excluding hydrogens is 308 g/mol. The van der Waals surface area contributed by atoms with Crippen molar-refractivity contribution in [3.63, 3.8) is 0 Å². The van der Waals surface area contributed by atoms with Crippen LogP contribution in [0.4, 0.5) is 0 Å². The number of benzene rings is 2. The zero-order chi connectivity index (χ0) is 17.3. The SMILES string of the molecule is COc1ccc(-c2nc3cc(C(C)=O)ccc3n2CC(=O)O)cc1. The second kappa shape index (κ2) is 6.16. The Balaban J connectivity index is 2.20. The Morgan fingerprint density at radius 1 is 1.17 bits per heavy atom. The van der Waals surface area contributed by atoms with Gasteiger partial charge in [-0.15, -0.1) is 0 Å². The van der Waals surface area contributed by atoms with E-state index in [0.29, 0.717) is 28.2 Å². The van der Waals surface area contributed by atoms with Crippen LogP contribution < -0.4 is 4.74 Å². The second-order valence-electron chi connectivity index (χ2n) is 5.40. The first-order chi connectivity index (χ1) is 11.5. The average molecular weight is 324 g/mol. The summed E-state index contributed by atoms with van der Waals surface area (Å²) in [5, 5.41) is 9.22. The van der Waals surface area contributed by atoms with Gasteiger partial charge in [-0.25, -0.2) is 4.98 Å². The van der Waals surface area contributed by atoms with Gasteiger partial charge in [-0.1, -0.05) is 0 Å². The monoisotopic (exact) mass is 324 g/mol. The molecule has 0 radical (unpaired) electrons. The number of hydrogen-bond donors (Lipinski definition) is 1. The Morgan fingerprint density at radius 2 is 1.88 bits per heavy atom. The van der Waals surface area contributed by atoms with E-state index in [9.17, 15) is 14.7 Å². The van der Waals surface area contributed by atoms with Gasteiger partial charge < -0.3 is 14.4 Å². The summed E-state index contributed by atoms with van der Waals surface area (Å²) in [5.41, 5.74) is 2.59. The van der Waals surface area contributed by atoms with Gasteiger partial charge >= 0.3 is 5.97 Å². The zero-order valence-electron chi connectivity index (χ0n) is 13.3. The van der Waals surface area contributed by atoms with Gasteiger partial charge in [0, 0.05) is 11.1 Å². The fourth-order valence-corrected chi connectivity index (χ4v) is 2.60. The minimum absolute atomic E-state index is 0.0596. The molecule has 0 saturated carbocycles. The molecule has 0 spiro atoms. The Morgan fingerprint density at radius 3 is 2.46 bits per heavy atom. The van der Waals surface area contributed by atoms with Crippen LogP contribution in [0.25, 0.3) is 22.4 Å². The van der Waals surface area contributed by atoms with Gasteiger partial charge in [-0.05, 0) is 49.4 Å². The van der Waals surface area contributed by atoms with E-state index in [-0.39, 0.29) is 12.3 Å². The van der Waals surface area contributed by atoms with Gasteiger partial charge in [-0.3, -0.25) is 9.59 Å². The van der Waals surface area contributed by atoms with Gasteiger partial charge in [0.2, 0.25) is 0 Å². The molecule has 0 unspecified atom stereocenters. The Kier molecular flexibility index (Phi) is 4.04. The number of ketones is 1. The molecule has 0 aliphatic rings. The van der Waals surface area contributed by atoms with Gasteiger partial charge in [0.1, 0.15) is 18.1 Å². The van der Waals surface area contributed by atoms with E-state index in [1.807, 2.05) is 12.1 Å². The molecule has 2 aromatic carbocycles. The molecule has 0 aliphatic heterocycles. The maximum Gasteiger partial charge on any atom is 0.323 e. The van der Waals surface area contributed by atoms with Crippen molar-refractivity contribution < 1.29 is 19.4 Å². The number of Topliss-reactive ketones (excluding diaryl/α,β-unsaturated/α-hetero) is 1. The van der Waals surface area contributed by atoms with Crippen molar-refractivity contribution in [2.45, 2.75) is 13.5 Å². The lowest BCUT2D eigenvalue weighted by molar-refractivity contribution is -0.137.